The molecule has 0 amide bonds. The second kappa shape index (κ2) is 5.76. The van der Waals surface area contributed by atoms with Crippen LogP contribution in [0.5, 0.6) is 0 Å². The van der Waals surface area contributed by atoms with Gasteiger partial charge in [0, 0.05) is 17.3 Å². The van der Waals surface area contributed by atoms with Crippen LogP contribution in [0.2, 0.25) is 15.1 Å². The molecule has 1 aromatic heterocycles. The fourth-order valence-corrected chi connectivity index (χ4v) is 2.69. The zero-order valence-electron chi connectivity index (χ0n) is 11.2. The normalized spacial score (nSPS) is 11.0. The quantitative estimate of drug-likeness (QED) is 0.657. The second-order valence-electron chi connectivity index (χ2n) is 4.57. The van der Waals surface area contributed by atoms with E-state index in [4.69, 9.17) is 34.8 Å². The average molecular weight is 341 g/mol. The van der Waals surface area contributed by atoms with Crippen LogP contribution in [0.4, 0.5) is 11.6 Å². The molecule has 0 bridgehead atoms. The van der Waals surface area contributed by atoms with Crippen molar-refractivity contribution in [1.82, 2.24) is 9.55 Å². The number of nitrogens with one attached hydrogen (secondary N) is 1. The van der Waals surface area contributed by atoms with Crippen molar-refractivity contribution in [3.8, 4) is 0 Å². The first-order valence-electron chi connectivity index (χ1n) is 6.46. The molecule has 3 rings (SSSR count). The number of nitrogens with zero attached hydrogens (tertiary/aromatic N) is 2. The Labute approximate surface area is 137 Å². The number of aryl methyl sites for hydroxylation is 1. The second-order valence-corrected chi connectivity index (χ2v) is 5.82. The first-order valence-corrected chi connectivity index (χ1v) is 7.59. The van der Waals surface area contributed by atoms with Crippen molar-refractivity contribution in [1.29, 1.82) is 0 Å². The van der Waals surface area contributed by atoms with Gasteiger partial charge in [-0.15, -0.1) is 0 Å². The predicted molar refractivity (Wildman–Crippen MR) is 90.2 cm³/mol. The van der Waals surface area contributed by atoms with Gasteiger partial charge in [0.05, 0.1) is 21.1 Å². The maximum Gasteiger partial charge on any atom is 0.208 e. The lowest BCUT2D eigenvalue weighted by Gasteiger charge is -2.09. The van der Waals surface area contributed by atoms with Crippen molar-refractivity contribution >= 4 is 57.5 Å². The van der Waals surface area contributed by atoms with Crippen LogP contribution in [0.3, 0.4) is 0 Å². The zero-order valence-corrected chi connectivity index (χ0v) is 13.5. The SMILES string of the molecule is CCn1c(Nc2ccc(Cl)c(Cl)c2)nc2cc(Cl)ccc21. The summed E-state index contributed by atoms with van der Waals surface area (Å²) in [6.45, 7) is 2.86. The zero-order chi connectivity index (χ0) is 15.0. The molecule has 21 heavy (non-hydrogen) atoms. The largest absolute Gasteiger partial charge is 0.326 e. The van der Waals surface area contributed by atoms with Gasteiger partial charge in [0.2, 0.25) is 5.95 Å². The highest BCUT2D eigenvalue weighted by atomic mass is 35.5. The standard InChI is InChI=1S/C15H12Cl3N3/c1-2-21-14-6-3-9(16)7-13(14)20-15(21)19-10-4-5-11(17)12(18)8-10/h3-8H,2H2,1H3,(H,19,20). The Kier molecular flexibility index (Phi) is 3.98. The lowest BCUT2D eigenvalue weighted by Crippen LogP contribution is -2.02. The lowest BCUT2D eigenvalue weighted by atomic mass is 10.3. The molecule has 3 aromatic rings. The van der Waals surface area contributed by atoms with Gasteiger partial charge in [-0.05, 0) is 43.3 Å². The number of benzene rings is 2. The minimum atomic E-state index is 0.504. The van der Waals surface area contributed by atoms with Crippen molar-refractivity contribution in [2.75, 3.05) is 5.32 Å². The van der Waals surface area contributed by atoms with E-state index in [-0.39, 0.29) is 0 Å². The van der Waals surface area contributed by atoms with Gasteiger partial charge in [0.15, 0.2) is 0 Å². The third kappa shape index (κ3) is 2.82. The van der Waals surface area contributed by atoms with Crippen LogP contribution in [0.15, 0.2) is 36.4 Å². The molecule has 0 spiro atoms. The first kappa shape index (κ1) is 14.5. The van der Waals surface area contributed by atoms with Crippen LogP contribution < -0.4 is 5.32 Å². The molecule has 1 heterocycles. The van der Waals surface area contributed by atoms with E-state index in [2.05, 4.69) is 21.8 Å². The highest BCUT2D eigenvalue weighted by molar-refractivity contribution is 6.42. The van der Waals surface area contributed by atoms with Crippen molar-refractivity contribution in [2.24, 2.45) is 0 Å². The summed E-state index contributed by atoms with van der Waals surface area (Å²) < 4.78 is 2.08. The summed E-state index contributed by atoms with van der Waals surface area (Å²) >= 11 is 18.0. The fraction of sp³-hybridized carbons (Fsp3) is 0.133. The van der Waals surface area contributed by atoms with Crippen LogP contribution in [0.1, 0.15) is 6.92 Å². The average Bonchev–Trinajstić information content (AvgIpc) is 2.79. The van der Waals surface area contributed by atoms with Gasteiger partial charge < -0.3 is 9.88 Å². The van der Waals surface area contributed by atoms with Crippen molar-refractivity contribution in [2.45, 2.75) is 13.5 Å². The van der Waals surface area contributed by atoms with Gasteiger partial charge in [-0.2, -0.15) is 0 Å². The van der Waals surface area contributed by atoms with Crippen LogP contribution in [0.25, 0.3) is 11.0 Å². The number of halogens is 3. The Balaban J connectivity index is 2.05. The summed E-state index contributed by atoms with van der Waals surface area (Å²) in [5.41, 5.74) is 2.72. The van der Waals surface area contributed by atoms with Gasteiger partial charge in [-0.25, -0.2) is 4.98 Å². The summed E-state index contributed by atoms with van der Waals surface area (Å²) in [6.07, 6.45) is 0. The van der Waals surface area contributed by atoms with Crippen LogP contribution in [-0.4, -0.2) is 9.55 Å². The molecule has 2 aromatic carbocycles. The van der Waals surface area contributed by atoms with E-state index in [1.807, 2.05) is 24.3 Å². The number of imidazole rings is 1. The van der Waals surface area contributed by atoms with Crippen LogP contribution in [-0.2, 0) is 6.54 Å². The molecular formula is C15H12Cl3N3. The van der Waals surface area contributed by atoms with Gasteiger partial charge in [0.25, 0.3) is 0 Å². The maximum atomic E-state index is 6.04. The van der Waals surface area contributed by atoms with Crippen molar-refractivity contribution in [3.63, 3.8) is 0 Å². The summed E-state index contributed by atoms with van der Waals surface area (Å²) in [5.74, 6) is 0.744. The van der Waals surface area contributed by atoms with Gasteiger partial charge >= 0.3 is 0 Å². The van der Waals surface area contributed by atoms with Crippen molar-refractivity contribution < 1.29 is 0 Å². The van der Waals surface area contributed by atoms with Crippen molar-refractivity contribution in [3.05, 3.63) is 51.5 Å². The molecule has 1 N–H and O–H groups in total. The smallest absolute Gasteiger partial charge is 0.208 e. The molecule has 108 valence electrons. The molecule has 0 saturated carbocycles. The number of hydrogen-bond acceptors (Lipinski definition) is 2. The van der Waals surface area contributed by atoms with E-state index in [1.165, 1.54) is 0 Å². The Hall–Kier alpha value is -1.42. The van der Waals surface area contributed by atoms with E-state index < -0.39 is 0 Å². The molecule has 0 radical (unpaired) electrons. The number of hydrogen-bond donors (Lipinski definition) is 1. The Morgan fingerprint density at radius 1 is 1.05 bits per heavy atom. The Bertz CT molecular complexity index is 811. The highest BCUT2D eigenvalue weighted by Crippen LogP contribution is 2.29. The third-order valence-corrected chi connectivity index (χ3v) is 4.18. The molecule has 6 heteroatoms. The van der Waals surface area contributed by atoms with E-state index in [0.29, 0.717) is 15.1 Å². The van der Waals surface area contributed by atoms with E-state index in [0.717, 1.165) is 29.2 Å². The molecule has 0 aliphatic heterocycles. The van der Waals surface area contributed by atoms with E-state index in [9.17, 15) is 0 Å². The monoisotopic (exact) mass is 339 g/mol. The summed E-state index contributed by atoms with van der Waals surface area (Å²) in [7, 11) is 0. The topological polar surface area (TPSA) is 29.9 Å². The number of aromatic nitrogens is 2. The van der Waals surface area contributed by atoms with Crippen LogP contribution >= 0.6 is 34.8 Å². The molecule has 0 unspecified atom stereocenters. The molecular weight excluding hydrogens is 329 g/mol. The summed E-state index contributed by atoms with van der Waals surface area (Å²) in [5, 5.41) is 4.97. The minimum absolute atomic E-state index is 0.504. The molecule has 0 fully saturated rings. The lowest BCUT2D eigenvalue weighted by molar-refractivity contribution is 0.797. The summed E-state index contributed by atoms with van der Waals surface area (Å²) in [6, 6.07) is 11.1. The van der Waals surface area contributed by atoms with Gasteiger partial charge in [-0.1, -0.05) is 34.8 Å². The Morgan fingerprint density at radius 2 is 1.86 bits per heavy atom. The third-order valence-electron chi connectivity index (χ3n) is 3.20. The predicted octanol–water partition coefficient (Wildman–Crippen LogP) is 5.76. The first-order chi connectivity index (χ1) is 10.1. The van der Waals surface area contributed by atoms with Gasteiger partial charge in [-0.3, -0.25) is 0 Å². The maximum absolute atomic E-state index is 6.04. The molecule has 3 nitrogen and oxygen atoms in total. The minimum Gasteiger partial charge on any atom is -0.326 e. The number of fused-ring (bicyclic) bond motifs is 1. The van der Waals surface area contributed by atoms with Crippen LogP contribution in [0, 0.1) is 0 Å². The fourth-order valence-electron chi connectivity index (χ4n) is 2.22. The molecule has 0 aliphatic carbocycles. The summed E-state index contributed by atoms with van der Waals surface area (Å²) in [4.78, 5) is 4.58. The molecule has 0 saturated heterocycles. The number of anilines is 2. The highest BCUT2D eigenvalue weighted by Gasteiger charge is 2.10. The molecule has 0 atom stereocenters. The number of rotatable bonds is 3. The Morgan fingerprint density at radius 3 is 2.57 bits per heavy atom. The molecule has 0 aliphatic rings. The van der Waals surface area contributed by atoms with E-state index >= 15 is 0 Å². The van der Waals surface area contributed by atoms with Gasteiger partial charge in [0.1, 0.15) is 0 Å². The van der Waals surface area contributed by atoms with E-state index in [1.54, 1.807) is 12.1 Å².